The standard InChI is InChI=1S/C15H22N2O5/c1-15(2,3)22-8-7-11(14(19)20)17-13(18)10-5-6-12(21-4)16-9-10/h5-6,9,11H,7-8H2,1-4H3,(H,17,18)(H,19,20). The first-order valence-corrected chi connectivity index (χ1v) is 6.90. The van der Waals surface area contributed by atoms with Crippen molar-refractivity contribution in [3.05, 3.63) is 23.9 Å². The number of nitrogens with zero attached hydrogens (tertiary/aromatic N) is 1. The Kier molecular flexibility index (Phi) is 6.30. The maximum atomic E-state index is 12.0. The molecule has 0 aliphatic carbocycles. The van der Waals surface area contributed by atoms with Crippen molar-refractivity contribution in [3.63, 3.8) is 0 Å². The summed E-state index contributed by atoms with van der Waals surface area (Å²) in [5, 5.41) is 11.6. The number of pyridine rings is 1. The van der Waals surface area contributed by atoms with E-state index >= 15 is 0 Å². The lowest BCUT2D eigenvalue weighted by Crippen LogP contribution is -2.42. The fourth-order valence-corrected chi connectivity index (χ4v) is 1.62. The number of aromatic nitrogens is 1. The van der Waals surface area contributed by atoms with E-state index in [0.29, 0.717) is 5.88 Å². The van der Waals surface area contributed by atoms with E-state index in [-0.39, 0.29) is 24.2 Å². The minimum Gasteiger partial charge on any atom is -0.481 e. The van der Waals surface area contributed by atoms with Gasteiger partial charge in [0.05, 0.1) is 18.3 Å². The Morgan fingerprint density at radius 3 is 2.50 bits per heavy atom. The summed E-state index contributed by atoms with van der Waals surface area (Å²) >= 11 is 0. The number of hydrogen-bond donors (Lipinski definition) is 2. The molecule has 1 aromatic rings. The van der Waals surface area contributed by atoms with Crippen LogP contribution in [0, 0.1) is 0 Å². The van der Waals surface area contributed by atoms with E-state index in [0.717, 1.165) is 0 Å². The molecule has 0 aromatic carbocycles. The molecule has 7 heteroatoms. The molecule has 1 aromatic heterocycles. The zero-order valence-corrected chi connectivity index (χ0v) is 13.3. The van der Waals surface area contributed by atoms with Crippen LogP contribution in [0.2, 0.25) is 0 Å². The van der Waals surface area contributed by atoms with Gasteiger partial charge in [0, 0.05) is 25.3 Å². The summed E-state index contributed by atoms with van der Waals surface area (Å²) in [6.45, 7) is 5.88. The van der Waals surface area contributed by atoms with E-state index in [1.165, 1.54) is 25.4 Å². The molecule has 0 saturated heterocycles. The van der Waals surface area contributed by atoms with Gasteiger partial charge in [-0.2, -0.15) is 0 Å². The molecule has 1 unspecified atom stereocenters. The highest BCUT2D eigenvalue weighted by molar-refractivity contribution is 5.96. The van der Waals surface area contributed by atoms with E-state index in [4.69, 9.17) is 9.47 Å². The first-order chi connectivity index (χ1) is 10.2. The third-order valence-electron chi connectivity index (χ3n) is 2.75. The van der Waals surface area contributed by atoms with Crippen molar-refractivity contribution in [2.45, 2.75) is 38.8 Å². The van der Waals surface area contributed by atoms with Crippen LogP contribution in [0.5, 0.6) is 5.88 Å². The highest BCUT2D eigenvalue weighted by atomic mass is 16.5. The number of hydrogen-bond acceptors (Lipinski definition) is 5. The summed E-state index contributed by atoms with van der Waals surface area (Å²) in [6, 6.07) is 2.04. The lowest BCUT2D eigenvalue weighted by molar-refractivity contribution is -0.140. The van der Waals surface area contributed by atoms with Crippen molar-refractivity contribution < 1.29 is 24.2 Å². The quantitative estimate of drug-likeness (QED) is 0.791. The van der Waals surface area contributed by atoms with E-state index in [2.05, 4.69) is 10.3 Å². The third kappa shape index (κ3) is 6.09. The van der Waals surface area contributed by atoms with Crippen LogP contribution in [-0.2, 0) is 9.53 Å². The average molecular weight is 310 g/mol. The number of carboxylic acid groups (broad SMARTS) is 1. The average Bonchev–Trinajstić information content (AvgIpc) is 2.44. The highest BCUT2D eigenvalue weighted by Crippen LogP contribution is 2.09. The Morgan fingerprint density at radius 1 is 1.36 bits per heavy atom. The van der Waals surface area contributed by atoms with Gasteiger partial charge in [0.25, 0.3) is 5.91 Å². The molecule has 1 amide bonds. The van der Waals surface area contributed by atoms with E-state index in [1.807, 2.05) is 20.8 Å². The van der Waals surface area contributed by atoms with Crippen LogP contribution >= 0.6 is 0 Å². The van der Waals surface area contributed by atoms with Crippen LogP contribution in [-0.4, -0.2) is 47.3 Å². The molecule has 0 bridgehead atoms. The van der Waals surface area contributed by atoms with Gasteiger partial charge in [-0.25, -0.2) is 9.78 Å². The number of carbonyl (C=O) groups is 2. The smallest absolute Gasteiger partial charge is 0.326 e. The molecule has 2 N–H and O–H groups in total. The number of rotatable bonds is 7. The van der Waals surface area contributed by atoms with Crippen molar-refractivity contribution >= 4 is 11.9 Å². The summed E-state index contributed by atoms with van der Waals surface area (Å²) in [6.07, 6.45) is 1.51. The molecule has 0 saturated carbocycles. The first kappa shape index (κ1) is 17.9. The van der Waals surface area contributed by atoms with E-state index in [9.17, 15) is 14.7 Å². The van der Waals surface area contributed by atoms with Gasteiger partial charge >= 0.3 is 5.97 Å². The van der Waals surface area contributed by atoms with Crippen molar-refractivity contribution in [1.29, 1.82) is 0 Å². The van der Waals surface area contributed by atoms with Crippen molar-refractivity contribution in [3.8, 4) is 5.88 Å². The predicted octanol–water partition coefficient (Wildman–Crippen LogP) is 1.48. The Labute approximate surface area is 129 Å². The molecule has 1 heterocycles. The van der Waals surface area contributed by atoms with Gasteiger partial charge in [-0.1, -0.05) is 0 Å². The van der Waals surface area contributed by atoms with E-state index in [1.54, 1.807) is 0 Å². The van der Waals surface area contributed by atoms with Gasteiger partial charge in [-0.15, -0.1) is 0 Å². The number of amides is 1. The van der Waals surface area contributed by atoms with Crippen molar-refractivity contribution in [2.75, 3.05) is 13.7 Å². The molecule has 1 atom stereocenters. The summed E-state index contributed by atoms with van der Waals surface area (Å²) in [5.74, 6) is -1.23. The maximum absolute atomic E-state index is 12.0. The normalized spacial score (nSPS) is 12.5. The van der Waals surface area contributed by atoms with Crippen LogP contribution < -0.4 is 10.1 Å². The second-order valence-corrected chi connectivity index (χ2v) is 5.70. The monoisotopic (exact) mass is 310 g/mol. The van der Waals surface area contributed by atoms with Crippen LogP contribution in [0.1, 0.15) is 37.6 Å². The summed E-state index contributed by atoms with van der Waals surface area (Å²) in [5.41, 5.74) is -0.0868. The number of ether oxygens (including phenoxy) is 2. The summed E-state index contributed by atoms with van der Waals surface area (Å²) < 4.78 is 10.4. The molecule has 7 nitrogen and oxygen atoms in total. The number of nitrogens with one attached hydrogen (secondary N) is 1. The van der Waals surface area contributed by atoms with Gasteiger partial charge < -0.3 is 19.9 Å². The Bertz CT molecular complexity index is 508. The predicted molar refractivity (Wildman–Crippen MR) is 80.0 cm³/mol. The zero-order chi connectivity index (χ0) is 16.8. The van der Waals surface area contributed by atoms with Gasteiger partial charge in [-0.3, -0.25) is 4.79 Å². The third-order valence-corrected chi connectivity index (χ3v) is 2.75. The lowest BCUT2D eigenvalue weighted by Gasteiger charge is -2.21. The van der Waals surface area contributed by atoms with Crippen molar-refractivity contribution in [2.24, 2.45) is 0 Å². The molecule has 122 valence electrons. The largest absolute Gasteiger partial charge is 0.481 e. The topological polar surface area (TPSA) is 97.8 Å². The Hall–Kier alpha value is -2.15. The van der Waals surface area contributed by atoms with Gasteiger partial charge in [-0.05, 0) is 26.8 Å². The van der Waals surface area contributed by atoms with Gasteiger partial charge in [0.2, 0.25) is 5.88 Å². The lowest BCUT2D eigenvalue weighted by atomic mass is 10.1. The maximum Gasteiger partial charge on any atom is 0.326 e. The molecular formula is C15H22N2O5. The van der Waals surface area contributed by atoms with Crippen LogP contribution in [0.15, 0.2) is 18.3 Å². The molecule has 0 radical (unpaired) electrons. The minimum atomic E-state index is -1.10. The second kappa shape index (κ2) is 7.74. The van der Waals surface area contributed by atoms with E-state index < -0.39 is 17.9 Å². The minimum absolute atomic E-state index is 0.182. The number of carboxylic acids is 1. The summed E-state index contributed by atoms with van der Waals surface area (Å²) in [7, 11) is 1.47. The first-order valence-electron chi connectivity index (χ1n) is 6.90. The Balaban J connectivity index is 2.61. The van der Waals surface area contributed by atoms with Gasteiger partial charge in [0.1, 0.15) is 6.04 Å². The highest BCUT2D eigenvalue weighted by Gasteiger charge is 2.22. The molecule has 22 heavy (non-hydrogen) atoms. The molecular weight excluding hydrogens is 288 g/mol. The molecule has 0 fully saturated rings. The molecule has 0 aliphatic rings. The molecule has 0 aliphatic heterocycles. The van der Waals surface area contributed by atoms with Gasteiger partial charge in [0.15, 0.2) is 0 Å². The fraction of sp³-hybridized carbons (Fsp3) is 0.533. The zero-order valence-electron chi connectivity index (χ0n) is 13.3. The Morgan fingerprint density at radius 2 is 2.05 bits per heavy atom. The van der Waals surface area contributed by atoms with Crippen molar-refractivity contribution in [1.82, 2.24) is 10.3 Å². The summed E-state index contributed by atoms with van der Waals surface area (Å²) in [4.78, 5) is 27.1. The molecule has 1 rings (SSSR count). The number of methoxy groups -OCH3 is 1. The van der Waals surface area contributed by atoms with Crippen LogP contribution in [0.3, 0.4) is 0 Å². The van der Waals surface area contributed by atoms with Crippen LogP contribution in [0.4, 0.5) is 0 Å². The number of carbonyl (C=O) groups excluding carboxylic acids is 1. The fourth-order valence-electron chi connectivity index (χ4n) is 1.62. The SMILES string of the molecule is COc1ccc(C(=O)NC(CCOC(C)(C)C)C(=O)O)cn1. The van der Waals surface area contributed by atoms with Crippen LogP contribution in [0.25, 0.3) is 0 Å². The molecule has 0 spiro atoms. The second-order valence-electron chi connectivity index (χ2n) is 5.70. The number of aliphatic carboxylic acids is 1.